The molecule has 1 aliphatic rings. The molecule has 1 heterocycles. The van der Waals surface area contributed by atoms with Crippen molar-refractivity contribution in [2.45, 2.75) is 57.8 Å². The lowest BCUT2D eigenvalue weighted by Gasteiger charge is -2.05. The number of aliphatic imine (C=N–C) groups is 1. The first-order valence-corrected chi connectivity index (χ1v) is 6.07. The van der Waals surface area contributed by atoms with Gasteiger partial charge < -0.3 is 5.11 Å². The predicted molar refractivity (Wildman–Crippen MR) is 61.5 cm³/mol. The fourth-order valence-electron chi connectivity index (χ4n) is 1.93. The van der Waals surface area contributed by atoms with E-state index < -0.39 is 5.97 Å². The second kappa shape index (κ2) is 7.43. The quantitative estimate of drug-likeness (QED) is 0.724. The maximum absolute atomic E-state index is 10.8. The van der Waals surface area contributed by atoms with E-state index in [0.29, 0.717) is 18.7 Å². The maximum atomic E-state index is 10.8. The Hall–Kier alpha value is -0.860. The van der Waals surface area contributed by atoms with Gasteiger partial charge in [0, 0.05) is 6.54 Å². The van der Waals surface area contributed by atoms with Crippen molar-refractivity contribution < 1.29 is 9.90 Å². The van der Waals surface area contributed by atoms with Gasteiger partial charge in [-0.15, -0.1) is 0 Å². The van der Waals surface area contributed by atoms with Crippen molar-refractivity contribution in [2.24, 2.45) is 4.99 Å². The van der Waals surface area contributed by atoms with Crippen LogP contribution in [-0.2, 0) is 4.79 Å². The van der Waals surface area contributed by atoms with E-state index in [0.717, 1.165) is 19.3 Å². The highest BCUT2D eigenvalue weighted by atomic mass is 16.4. The Balaban J connectivity index is 2.42. The smallest absolute Gasteiger partial charge is 0.349 e. The SMILES string of the molecule is O=C(O)C1=NCCCCCCCCCC1. The molecule has 0 aliphatic carbocycles. The second-order valence-corrected chi connectivity index (χ2v) is 4.21. The Morgan fingerprint density at radius 3 is 2.07 bits per heavy atom. The van der Waals surface area contributed by atoms with Crippen LogP contribution in [0.2, 0.25) is 0 Å². The minimum absolute atomic E-state index is 0.385. The van der Waals surface area contributed by atoms with Gasteiger partial charge in [0.25, 0.3) is 0 Å². The molecule has 0 fully saturated rings. The molecule has 3 nitrogen and oxygen atoms in total. The third-order valence-electron chi connectivity index (χ3n) is 2.87. The van der Waals surface area contributed by atoms with Gasteiger partial charge in [0.2, 0.25) is 0 Å². The summed E-state index contributed by atoms with van der Waals surface area (Å²) in [5, 5.41) is 8.91. The van der Waals surface area contributed by atoms with Gasteiger partial charge in [0.15, 0.2) is 0 Å². The summed E-state index contributed by atoms with van der Waals surface area (Å²) in [4.78, 5) is 15.0. The number of rotatable bonds is 1. The van der Waals surface area contributed by atoms with Crippen molar-refractivity contribution in [1.29, 1.82) is 0 Å². The second-order valence-electron chi connectivity index (χ2n) is 4.21. The lowest BCUT2D eigenvalue weighted by atomic mass is 10.0. The molecule has 0 amide bonds. The number of nitrogens with zero attached hydrogens (tertiary/aromatic N) is 1. The zero-order chi connectivity index (χ0) is 10.9. The van der Waals surface area contributed by atoms with Crippen molar-refractivity contribution in [3.8, 4) is 0 Å². The standard InChI is InChI=1S/C12H21NO2/c14-12(15)11-9-7-5-3-1-2-4-6-8-10-13-11/h1-10H2,(H,14,15). The molecule has 3 heteroatoms. The molecule has 0 aromatic carbocycles. The molecule has 1 rings (SSSR count). The van der Waals surface area contributed by atoms with Crippen molar-refractivity contribution in [3.05, 3.63) is 0 Å². The van der Waals surface area contributed by atoms with Gasteiger partial charge in [-0.1, -0.05) is 38.5 Å². The van der Waals surface area contributed by atoms with Gasteiger partial charge in [-0.05, 0) is 19.3 Å². The minimum Gasteiger partial charge on any atom is -0.477 e. The topological polar surface area (TPSA) is 49.7 Å². The molecular formula is C12H21NO2. The summed E-state index contributed by atoms with van der Waals surface area (Å²) in [7, 11) is 0. The monoisotopic (exact) mass is 211 g/mol. The highest BCUT2D eigenvalue weighted by Crippen LogP contribution is 2.11. The summed E-state index contributed by atoms with van der Waals surface area (Å²) in [5.41, 5.74) is 0.385. The molecule has 0 saturated carbocycles. The van der Waals surface area contributed by atoms with Gasteiger partial charge >= 0.3 is 5.97 Å². The highest BCUT2D eigenvalue weighted by Gasteiger charge is 2.08. The number of aliphatic carboxylic acids is 1. The first kappa shape index (κ1) is 12.2. The van der Waals surface area contributed by atoms with E-state index in [9.17, 15) is 4.79 Å². The first-order chi connectivity index (χ1) is 7.30. The normalized spacial score (nSPS) is 20.9. The lowest BCUT2D eigenvalue weighted by molar-refractivity contribution is -0.129. The van der Waals surface area contributed by atoms with E-state index >= 15 is 0 Å². The molecule has 1 aliphatic heterocycles. The van der Waals surface area contributed by atoms with Crippen LogP contribution in [0.3, 0.4) is 0 Å². The first-order valence-electron chi connectivity index (χ1n) is 6.07. The summed E-state index contributed by atoms with van der Waals surface area (Å²) in [6, 6.07) is 0. The zero-order valence-electron chi connectivity index (χ0n) is 9.37. The number of hydrogen-bond acceptors (Lipinski definition) is 2. The number of carboxylic acids is 1. The van der Waals surface area contributed by atoms with Gasteiger partial charge in [0.05, 0.1) is 0 Å². The van der Waals surface area contributed by atoms with Crippen molar-refractivity contribution in [1.82, 2.24) is 0 Å². The Labute approximate surface area is 91.6 Å². The average Bonchev–Trinajstić information content (AvgIpc) is 2.18. The molecule has 0 aromatic heterocycles. The Morgan fingerprint density at radius 1 is 0.933 bits per heavy atom. The number of hydrogen-bond donors (Lipinski definition) is 1. The van der Waals surface area contributed by atoms with Crippen LogP contribution in [0.1, 0.15) is 57.8 Å². The minimum atomic E-state index is -0.827. The summed E-state index contributed by atoms with van der Waals surface area (Å²) in [6.07, 6.45) is 10.2. The molecule has 0 atom stereocenters. The fourth-order valence-corrected chi connectivity index (χ4v) is 1.93. The van der Waals surface area contributed by atoms with Gasteiger partial charge in [-0.25, -0.2) is 4.79 Å². The molecule has 0 bridgehead atoms. The maximum Gasteiger partial charge on any atom is 0.349 e. The van der Waals surface area contributed by atoms with Crippen LogP contribution in [0.4, 0.5) is 0 Å². The van der Waals surface area contributed by atoms with Crippen LogP contribution in [0.5, 0.6) is 0 Å². The molecule has 0 saturated heterocycles. The summed E-state index contributed by atoms with van der Waals surface area (Å²) < 4.78 is 0. The molecule has 1 N–H and O–H groups in total. The Morgan fingerprint density at radius 2 is 1.47 bits per heavy atom. The van der Waals surface area contributed by atoms with E-state index in [1.807, 2.05) is 0 Å². The fraction of sp³-hybridized carbons (Fsp3) is 0.833. The van der Waals surface area contributed by atoms with Crippen molar-refractivity contribution in [2.75, 3.05) is 6.54 Å². The van der Waals surface area contributed by atoms with Crippen LogP contribution in [0.25, 0.3) is 0 Å². The summed E-state index contributed by atoms with van der Waals surface area (Å²) in [5.74, 6) is -0.827. The Bertz CT molecular complexity index is 224. The third kappa shape index (κ3) is 5.55. The molecule has 15 heavy (non-hydrogen) atoms. The van der Waals surface area contributed by atoms with Crippen LogP contribution < -0.4 is 0 Å². The lowest BCUT2D eigenvalue weighted by Crippen LogP contribution is -2.13. The van der Waals surface area contributed by atoms with Gasteiger partial charge in [-0.3, -0.25) is 4.99 Å². The zero-order valence-corrected chi connectivity index (χ0v) is 9.37. The van der Waals surface area contributed by atoms with Crippen LogP contribution in [0, 0.1) is 0 Å². The molecule has 0 spiro atoms. The van der Waals surface area contributed by atoms with Crippen LogP contribution in [0.15, 0.2) is 4.99 Å². The predicted octanol–water partition coefficient (Wildman–Crippen LogP) is 3.04. The Kier molecular flexibility index (Phi) is 6.05. The molecule has 86 valence electrons. The third-order valence-corrected chi connectivity index (χ3v) is 2.87. The van der Waals surface area contributed by atoms with Crippen LogP contribution in [-0.4, -0.2) is 23.3 Å². The van der Waals surface area contributed by atoms with E-state index in [4.69, 9.17) is 5.11 Å². The summed E-state index contributed by atoms with van der Waals surface area (Å²) in [6.45, 7) is 0.696. The van der Waals surface area contributed by atoms with Crippen molar-refractivity contribution >= 4 is 11.7 Å². The van der Waals surface area contributed by atoms with Gasteiger partial charge in [-0.2, -0.15) is 0 Å². The molecular weight excluding hydrogens is 190 g/mol. The number of carbonyl (C=O) groups is 1. The number of carboxylic acid groups (broad SMARTS) is 1. The van der Waals surface area contributed by atoms with E-state index in [2.05, 4.69) is 4.99 Å². The molecule has 0 aromatic rings. The summed E-state index contributed by atoms with van der Waals surface area (Å²) >= 11 is 0. The van der Waals surface area contributed by atoms with E-state index in [-0.39, 0.29) is 0 Å². The van der Waals surface area contributed by atoms with Crippen LogP contribution >= 0.6 is 0 Å². The molecule has 0 radical (unpaired) electrons. The van der Waals surface area contributed by atoms with Crippen molar-refractivity contribution in [3.63, 3.8) is 0 Å². The van der Waals surface area contributed by atoms with Gasteiger partial charge in [0.1, 0.15) is 5.71 Å². The van der Waals surface area contributed by atoms with E-state index in [1.165, 1.54) is 32.1 Å². The van der Waals surface area contributed by atoms with E-state index in [1.54, 1.807) is 0 Å². The largest absolute Gasteiger partial charge is 0.477 e. The average molecular weight is 211 g/mol. The highest BCUT2D eigenvalue weighted by molar-refractivity contribution is 6.35. The molecule has 0 unspecified atom stereocenters.